The van der Waals surface area contributed by atoms with Gasteiger partial charge in [0, 0.05) is 6.54 Å². The van der Waals surface area contributed by atoms with Gasteiger partial charge in [-0.25, -0.2) is 4.79 Å². The van der Waals surface area contributed by atoms with Crippen LogP contribution >= 0.6 is 0 Å². The summed E-state index contributed by atoms with van der Waals surface area (Å²) in [6.45, 7) is 7.03. The maximum absolute atomic E-state index is 10.8. The minimum Gasteiger partial charge on any atom is -0.450 e. The highest BCUT2D eigenvalue weighted by molar-refractivity contribution is 5.66. The molecule has 0 fully saturated rings. The standard InChI is InChI=1S/C9H20N2O2/c1-3-6-10-7-5-8-13-9(12)11-4-2/h10H,3-8H2,1-2H3,(H,11,12). The first kappa shape index (κ1) is 12.2. The van der Waals surface area contributed by atoms with Crippen molar-refractivity contribution in [1.82, 2.24) is 10.6 Å². The van der Waals surface area contributed by atoms with Gasteiger partial charge in [-0.2, -0.15) is 0 Å². The van der Waals surface area contributed by atoms with Gasteiger partial charge < -0.3 is 15.4 Å². The van der Waals surface area contributed by atoms with Crippen molar-refractivity contribution in [3.8, 4) is 0 Å². The Morgan fingerprint density at radius 3 is 2.69 bits per heavy atom. The molecule has 4 heteroatoms. The number of alkyl carbamates (subject to hydrolysis) is 1. The quantitative estimate of drug-likeness (QED) is 0.589. The molecule has 2 N–H and O–H groups in total. The van der Waals surface area contributed by atoms with Crippen molar-refractivity contribution < 1.29 is 9.53 Å². The second-order valence-electron chi connectivity index (χ2n) is 2.77. The monoisotopic (exact) mass is 188 g/mol. The van der Waals surface area contributed by atoms with Gasteiger partial charge >= 0.3 is 6.09 Å². The molecule has 0 aromatic carbocycles. The maximum Gasteiger partial charge on any atom is 0.407 e. The lowest BCUT2D eigenvalue weighted by molar-refractivity contribution is 0.145. The Balaban J connectivity index is 3.02. The lowest BCUT2D eigenvalue weighted by Crippen LogP contribution is -2.25. The number of carbonyl (C=O) groups excluding carboxylic acids is 1. The van der Waals surface area contributed by atoms with Crippen molar-refractivity contribution in [2.45, 2.75) is 26.7 Å². The first-order valence-electron chi connectivity index (χ1n) is 4.92. The van der Waals surface area contributed by atoms with Crippen LogP contribution in [0.2, 0.25) is 0 Å². The third kappa shape index (κ3) is 9.14. The average molecular weight is 188 g/mol. The van der Waals surface area contributed by atoms with E-state index < -0.39 is 0 Å². The zero-order valence-corrected chi connectivity index (χ0v) is 8.56. The zero-order valence-electron chi connectivity index (χ0n) is 8.56. The van der Waals surface area contributed by atoms with Crippen LogP contribution in [0.4, 0.5) is 4.79 Å². The number of nitrogens with one attached hydrogen (secondary N) is 2. The summed E-state index contributed by atoms with van der Waals surface area (Å²) in [6.07, 6.45) is 1.69. The molecule has 0 saturated heterocycles. The van der Waals surface area contributed by atoms with Crippen molar-refractivity contribution in [3.05, 3.63) is 0 Å². The lowest BCUT2D eigenvalue weighted by Gasteiger charge is -2.05. The fourth-order valence-corrected chi connectivity index (χ4v) is 0.859. The number of ether oxygens (including phenoxy) is 1. The summed E-state index contributed by atoms with van der Waals surface area (Å²) < 4.78 is 4.87. The summed E-state index contributed by atoms with van der Waals surface area (Å²) in [5.41, 5.74) is 0. The van der Waals surface area contributed by atoms with E-state index in [1.807, 2.05) is 6.92 Å². The smallest absolute Gasteiger partial charge is 0.407 e. The van der Waals surface area contributed by atoms with E-state index in [0.717, 1.165) is 25.9 Å². The van der Waals surface area contributed by atoms with Gasteiger partial charge in [-0.05, 0) is 32.9 Å². The van der Waals surface area contributed by atoms with Crippen LogP contribution in [-0.2, 0) is 4.74 Å². The second kappa shape index (κ2) is 9.32. The summed E-state index contributed by atoms with van der Waals surface area (Å²) in [4.78, 5) is 10.8. The van der Waals surface area contributed by atoms with E-state index in [9.17, 15) is 4.79 Å². The molecule has 13 heavy (non-hydrogen) atoms. The van der Waals surface area contributed by atoms with Crippen molar-refractivity contribution >= 4 is 6.09 Å². The minimum atomic E-state index is -0.321. The van der Waals surface area contributed by atoms with E-state index in [2.05, 4.69) is 17.6 Å². The fraction of sp³-hybridized carbons (Fsp3) is 0.889. The molecule has 78 valence electrons. The van der Waals surface area contributed by atoms with Gasteiger partial charge in [0.15, 0.2) is 0 Å². The van der Waals surface area contributed by atoms with Crippen LogP contribution in [0.25, 0.3) is 0 Å². The predicted octanol–water partition coefficient (Wildman–Crippen LogP) is 1.12. The third-order valence-corrected chi connectivity index (χ3v) is 1.48. The Kier molecular flexibility index (Phi) is 8.77. The van der Waals surface area contributed by atoms with Gasteiger partial charge in [0.1, 0.15) is 0 Å². The molecule has 0 spiro atoms. The predicted molar refractivity (Wildman–Crippen MR) is 52.8 cm³/mol. The molecule has 1 amide bonds. The molecule has 0 aromatic heterocycles. The summed E-state index contributed by atoms with van der Waals surface area (Å²) >= 11 is 0. The van der Waals surface area contributed by atoms with Crippen LogP contribution in [-0.4, -0.2) is 32.3 Å². The number of hydrogen-bond acceptors (Lipinski definition) is 3. The number of carbonyl (C=O) groups is 1. The normalized spacial score (nSPS) is 9.69. The molecule has 4 nitrogen and oxygen atoms in total. The largest absolute Gasteiger partial charge is 0.450 e. The van der Waals surface area contributed by atoms with Gasteiger partial charge in [-0.15, -0.1) is 0 Å². The summed E-state index contributed by atoms with van der Waals surface area (Å²) in [6, 6.07) is 0. The molecule has 0 aliphatic heterocycles. The Morgan fingerprint density at radius 2 is 2.08 bits per heavy atom. The van der Waals surface area contributed by atoms with Gasteiger partial charge in [0.2, 0.25) is 0 Å². The van der Waals surface area contributed by atoms with Crippen molar-refractivity contribution in [2.75, 3.05) is 26.2 Å². The highest BCUT2D eigenvalue weighted by Crippen LogP contribution is 1.82. The van der Waals surface area contributed by atoms with E-state index in [0.29, 0.717) is 13.2 Å². The van der Waals surface area contributed by atoms with E-state index in [4.69, 9.17) is 4.74 Å². The van der Waals surface area contributed by atoms with Crippen molar-refractivity contribution in [2.24, 2.45) is 0 Å². The Bertz CT molecular complexity index is 129. The molecule has 0 aliphatic carbocycles. The van der Waals surface area contributed by atoms with Crippen LogP contribution in [0, 0.1) is 0 Å². The van der Waals surface area contributed by atoms with Crippen molar-refractivity contribution in [1.29, 1.82) is 0 Å². The molecule has 0 saturated carbocycles. The molecule has 0 aromatic rings. The summed E-state index contributed by atoms with van der Waals surface area (Å²) in [5, 5.41) is 5.80. The summed E-state index contributed by atoms with van der Waals surface area (Å²) in [5.74, 6) is 0. The molecular formula is C9H20N2O2. The second-order valence-corrected chi connectivity index (χ2v) is 2.77. The number of hydrogen-bond donors (Lipinski definition) is 2. The van der Waals surface area contributed by atoms with E-state index >= 15 is 0 Å². The SMILES string of the molecule is CCCNCCCOC(=O)NCC. The van der Waals surface area contributed by atoms with Crippen LogP contribution in [0.5, 0.6) is 0 Å². The molecule has 0 atom stereocenters. The first-order valence-corrected chi connectivity index (χ1v) is 4.92. The topological polar surface area (TPSA) is 50.4 Å². The summed E-state index contributed by atoms with van der Waals surface area (Å²) in [7, 11) is 0. The average Bonchev–Trinajstić information content (AvgIpc) is 2.11. The third-order valence-electron chi connectivity index (χ3n) is 1.48. The number of amides is 1. The fourth-order valence-electron chi connectivity index (χ4n) is 0.859. The highest BCUT2D eigenvalue weighted by Gasteiger charge is 1.97. The van der Waals surface area contributed by atoms with E-state index in [1.165, 1.54) is 0 Å². The van der Waals surface area contributed by atoms with Gasteiger partial charge in [0.25, 0.3) is 0 Å². The maximum atomic E-state index is 10.8. The Hall–Kier alpha value is -0.770. The van der Waals surface area contributed by atoms with Gasteiger partial charge in [-0.1, -0.05) is 6.92 Å². The molecule has 0 rings (SSSR count). The number of rotatable bonds is 7. The van der Waals surface area contributed by atoms with Crippen LogP contribution in [0.1, 0.15) is 26.7 Å². The Morgan fingerprint density at radius 1 is 1.31 bits per heavy atom. The zero-order chi connectivity index (χ0) is 9.94. The lowest BCUT2D eigenvalue weighted by atomic mass is 10.4. The molecule has 0 heterocycles. The molecule has 0 bridgehead atoms. The first-order chi connectivity index (χ1) is 6.31. The van der Waals surface area contributed by atoms with Crippen LogP contribution in [0.15, 0.2) is 0 Å². The molecule has 0 aliphatic rings. The van der Waals surface area contributed by atoms with Gasteiger partial charge in [0.05, 0.1) is 6.61 Å². The minimum absolute atomic E-state index is 0.321. The van der Waals surface area contributed by atoms with Crippen LogP contribution < -0.4 is 10.6 Å². The van der Waals surface area contributed by atoms with Crippen molar-refractivity contribution in [3.63, 3.8) is 0 Å². The molecule has 0 unspecified atom stereocenters. The Labute approximate surface area is 80.0 Å². The highest BCUT2D eigenvalue weighted by atomic mass is 16.5. The van der Waals surface area contributed by atoms with E-state index in [1.54, 1.807) is 0 Å². The van der Waals surface area contributed by atoms with Crippen LogP contribution in [0.3, 0.4) is 0 Å². The molecular weight excluding hydrogens is 168 g/mol. The molecule has 0 radical (unpaired) electrons. The van der Waals surface area contributed by atoms with E-state index in [-0.39, 0.29) is 6.09 Å². The van der Waals surface area contributed by atoms with Gasteiger partial charge in [-0.3, -0.25) is 0 Å².